The molecule has 1 aromatic heterocycles. The highest BCUT2D eigenvalue weighted by atomic mass is 16.5. The summed E-state index contributed by atoms with van der Waals surface area (Å²) >= 11 is 0. The fraction of sp³-hybridized carbons (Fsp3) is 0.458. The van der Waals surface area contributed by atoms with Crippen molar-refractivity contribution in [3.8, 4) is 17.6 Å². The van der Waals surface area contributed by atoms with E-state index in [4.69, 9.17) is 4.74 Å². The first-order chi connectivity index (χ1) is 12.8. The number of pyridine rings is 1. The summed E-state index contributed by atoms with van der Waals surface area (Å²) in [4.78, 5) is 4.35. The van der Waals surface area contributed by atoms with Crippen molar-refractivity contribution in [1.29, 1.82) is 0 Å². The van der Waals surface area contributed by atoms with E-state index in [-0.39, 0.29) is 0 Å². The van der Waals surface area contributed by atoms with Crippen LogP contribution in [-0.4, -0.2) is 11.6 Å². The average molecular weight is 348 g/mol. The molecule has 2 aromatic rings. The van der Waals surface area contributed by atoms with Gasteiger partial charge in [0.25, 0.3) is 0 Å². The molecule has 0 spiro atoms. The molecule has 26 heavy (non-hydrogen) atoms. The highest BCUT2D eigenvalue weighted by Gasteiger charge is 2.20. The van der Waals surface area contributed by atoms with Crippen LogP contribution in [0, 0.1) is 17.8 Å². The van der Waals surface area contributed by atoms with Crippen LogP contribution in [0.15, 0.2) is 42.6 Å². The Morgan fingerprint density at radius 2 is 1.73 bits per heavy atom. The molecule has 0 radical (unpaired) electrons. The van der Waals surface area contributed by atoms with Crippen molar-refractivity contribution in [3.05, 3.63) is 59.4 Å². The van der Waals surface area contributed by atoms with Crippen molar-refractivity contribution in [2.45, 2.75) is 58.3 Å². The van der Waals surface area contributed by atoms with Gasteiger partial charge in [0.15, 0.2) is 0 Å². The Hall–Kier alpha value is -2.27. The van der Waals surface area contributed by atoms with Gasteiger partial charge in [-0.1, -0.05) is 38.3 Å². The molecule has 0 bridgehead atoms. The number of rotatable bonds is 5. The number of hydrogen-bond donors (Lipinski definition) is 0. The molecule has 0 atom stereocenters. The Balaban J connectivity index is 1.59. The van der Waals surface area contributed by atoms with Crippen LogP contribution >= 0.6 is 0 Å². The van der Waals surface area contributed by atoms with Crippen molar-refractivity contribution in [3.63, 3.8) is 0 Å². The zero-order chi connectivity index (χ0) is 18.2. The van der Waals surface area contributed by atoms with Crippen LogP contribution in [0.1, 0.15) is 75.1 Å². The molecule has 1 aliphatic rings. The molecular weight excluding hydrogens is 318 g/mol. The fourth-order valence-corrected chi connectivity index (χ4v) is 3.64. The summed E-state index contributed by atoms with van der Waals surface area (Å²) in [5, 5.41) is 0. The minimum Gasteiger partial charge on any atom is -0.492 e. The Morgan fingerprint density at radius 3 is 2.35 bits per heavy atom. The van der Waals surface area contributed by atoms with Gasteiger partial charge in [0, 0.05) is 5.56 Å². The smallest absolute Gasteiger partial charge is 0.137 e. The topological polar surface area (TPSA) is 22.1 Å². The summed E-state index contributed by atoms with van der Waals surface area (Å²) in [5.74, 6) is 8.84. The maximum atomic E-state index is 5.55. The van der Waals surface area contributed by atoms with Crippen LogP contribution in [0.3, 0.4) is 0 Å². The average Bonchev–Trinajstić information content (AvgIpc) is 2.72. The third kappa shape index (κ3) is 5.11. The summed E-state index contributed by atoms with van der Waals surface area (Å²) in [6.45, 7) is 5.13. The standard InChI is InChI=1S/C24H29NO/c1-3-17-26-24-16-15-23(25-18-24)14-9-20-7-12-22(13-8-20)21-10-5-19(4-2)6-11-21/h7-8,12-13,15-16,18-19,21H,3-6,10-11,17H2,1-2H3. The predicted octanol–water partition coefficient (Wildman–Crippen LogP) is 5.95. The van der Waals surface area contributed by atoms with Crippen LogP contribution in [0.25, 0.3) is 0 Å². The van der Waals surface area contributed by atoms with Crippen LogP contribution in [0.4, 0.5) is 0 Å². The van der Waals surface area contributed by atoms with Gasteiger partial charge in [-0.05, 0) is 79.7 Å². The van der Waals surface area contributed by atoms with Gasteiger partial charge in [-0.2, -0.15) is 0 Å². The maximum Gasteiger partial charge on any atom is 0.137 e. The van der Waals surface area contributed by atoms with Crippen molar-refractivity contribution < 1.29 is 4.74 Å². The number of hydrogen-bond acceptors (Lipinski definition) is 2. The monoisotopic (exact) mass is 347 g/mol. The van der Waals surface area contributed by atoms with E-state index in [1.807, 2.05) is 12.1 Å². The number of aromatic nitrogens is 1. The van der Waals surface area contributed by atoms with E-state index in [0.717, 1.165) is 41.9 Å². The second-order valence-corrected chi connectivity index (χ2v) is 7.23. The van der Waals surface area contributed by atoms with Gasteiger partial charge in [-0.15, -0.1) is 0 Å². The van der Waals surface area contributed by atoms with Gasteiger partial charge in [-0.3, -0.25) is 0 Å². The minimum absolute atomic E-state index is 0.721. The number of ether oxygens (including phenoxy) is 1. The molecule has 2 nitrogen and oxygen atoms in total. The molecule has 136 valence electrons. The molecule has 0 N–H and O–H groups in total. The van der Waals surface area contributed by atoms with Crippen LogP contribution in [0.2, 0.25) is 0 Å². The molecule has 0 unspecified atom stereocenters. The lowest BCUT2D eigenvalue weighted by molar-refractivity contribution is 0.316. The molecule has 2 heteroatoms. The number of benzene rings is 1. The molecule has 1 saturated carbocycles. The summed E-state index contributed by atoms with van der Waals surface area (Å²) in [5.41, 5.74) is 3.29. The molecule has 1 aromatic carbocycles. The van der Waals surface area contributed by atoms with Gasteiger partial charge in [0.05, 0.1) is 12.8 Å². The summed E-state index contributed by atoms with van der Waals surface area (Å²) < 4.78 is 5.55. The van der Waals surface area contributed by atoms with Crippen LogP contribution in [0.5, 0.6) is 5.75 Å². The lowest BCUT2D eigenvalue weighted by atomic mass is 9.78. The molecule has 1 fully saturated rings. The highest BCUT2D eigenvalue weighted by Crippen LogP contribution is 2.36. The largest absolute Gasteiger partial charge is 0.492 e. The van der Waals surface area contributed by atoms with Gasteiger partial charge < -0.3 is 4.74 Å². The zero-order valence-electron chi connectivity index (χ0n) is 16.0. The molecule has 0 saturated heterocycles. The highest BCUT2D eigenvalue weighted by molar-refractivity contribution is 5.42. The van der Waals surface area contributed by atoms with Crippen LogP contribution in [-0.2, 0) is 0 Å². The molecule has 3 rings (SSSR count). The Labute approximate surface area is 158 Å². The second-order valence-electron chi connectivity index (χ2n) is 7.23. The quantitative estimate of drug-likeness (QED) is 0.623. The molecule has 0 aliphatic heterocycles. The van der Waals surface area contributed by atoms with E-state index >= 15 is 0 Å². The SMILES string of the molecule is CCCOc1ccc(C#Cc2ccc(C3CCC(CC)CC3)cc2)nc1. The second kappa shape index (κ2) is 9.43. The number of nitrogens with zero attached hydrogens (tertiary/aromatic N) is 1. The van der Waals surface area contributed by atoms with Gasteiger partial charge in [0.1, 0.15) is 11.4 Å². The van der Waals surface area contributed by atoms with E-state index in [0.29, 0.717) is 0 Å². The van der Waals surface area contributed by atoms with Crippen molar-refractivity contribution in [1.82, 2.24) is 4.98 Å². The van der Waals surface area contributed by atoms with E-state index in [9.17, 15) is 0 Å². The first kappa shape index (κ1) is 18.5. The molecule has 1 aliphatic carbocycles. The van der Waals surface area contributed by atoms with Gasteiger partial charge >= 0.3 is 0 Å². The molecular formula is C24H29NO. The Bertz CT molecular complexity index is 729. The van der Waals surface area contributed by atoms with E-state index in [2.05, 4.69) is 54.9 Å². The Kier molecular flexibility index (Phi) is 6.72. The lowest BCUT2D eigenvalue weighted by Crippen LogP contribution is -2.12. The Morgan fingerprint density at radius 1 is 0.962 bits per heavy atom. The van der Waals surface area contributed by atoms with E-state index in [1.165, 1.54) is 37.7 Å². The van der Waals surface area contributed by atoms with Gasteiger partial charge in [-0.25, -0.2) is 4.98 Å². The first-order valence-corrected chi connectivity index (χ1v) is 9.99. The lowest BCUT2D eigenvalue weighted by Gasteiger charge is -2.28. The normalized spacial score (nSPS) is 19.5. The summed E-state index contributed by atoms with van der Waals surface area (Å²) in [7, 11) is 0. The third-order valence-electron chi connectivity index (χ3n) is 5.35. The van der Waals surface area contributed by atoms with Crippen molar-refractivity contribution >= 4 is 0 Å². The summed E-state index contributed by atoms with van der Waals surface area (Å²) in [6.07, 6.45) is 9.51. The van der Waals surface area contributed by atoms with Gasteiger partial charge in [0.2, 0.25) is 0 Å². The first-order valence-electron chi connectivity index (χ1n) is 9.99. The molecule has 1 heterocycles. The van der Waals surface area contributed by atoms with Crippen molar-refractivity contribution in [2.75, 3.05) is 6.61 Å². The van der Waals surface area contributed by atoms with E-state index in [1.54, 1.807) is 6.20 Å². The summed E-state index contributed by atoms with van der Waals surface area (Å²) in [6, 6.07) is 12.7. The fourth-order valence-electron chi connectivity index (χ4n) is 3.64. The minimum atomic E-state index is 0.721. The zero-order valence-corrected chi connectivity index (χ0v) is 16.0. The predicted molar refractivity (Wildman–Crippen MR) is 107 cm³/mol. The third-order valence-corrected chi connectivity index (χ3v) is 5.35. The van der Waals surface area contributed by atoms with Crippen molar-refractivity contribution in [2.24, 2.45) is 5.92 Å². The van der Waals surface area contributed by atoms with Crippen LogP contribution < -0.4 is 4.74 Å². The molecule has 0 amide bonds. The maximum absolute atomic E-state index is 5.55. The van der Waals surface area contributed by atoms with E-state index < -0.39 is 0 Å².